The van der Waals surface area contributed by atoms with Gasteiger partial charge in [0.1, 0.15) is 0 Å². The molecule has 0 radical (unpaired) electrons. The van der Waals surface area contributed by atoms with E-state index in [1.165, 1.54) is 4.90 Å². The molecule has 2 amide bonds. The lowest BCUT2D eigenvalue weighted by Crippen LogP contribution is -2.40. The van der Waals surface area contributed by atoms with Crippen LogP contribution in [0.25, 0.3) is 10.8 Å². The van der Waals surface area contributed by atoms with E-state index in [0.29, 0.717) is 16.8 Å². The number of hydrogen-bond donors (Lipinski definition) is 0. The molecule has 0 atom stereocenters. The number of benzene rings is 3. The van der Waals surface area contributed by atoms with Gasteiger partial charge in [0.15, 0.2) is 0 Å². The quantitative estimate of drug-likeness (QED) is 0.585. The SMILES string of the molecule is Cc1cccc(N2C(=O)c3cccc4cc(Br)cc(c34)C2=O)c1. The summed E-state index contributed by atoms with van der Waals surface area (Å²) in [6.45, 7) is 1.94. The Kier molecular flexibility index (Phi) is 3.10. The molecular weight excluding hydrogens is 354 g/mol. The zero-order valence-electron chi connectivity index (χ0n) is 12.3. The first-order valence-corrected chi connectivity index (χ1v) is 8.03. The van der Waals surface area contributed by atoms with Gasteiger partial charge < -0.3 is 0 Å². The Morgan fingerprint density at radius 1 is 0.870 bits per heavy atom. The van der Waals surface area contributed by atoms with E-state index in [4.69, 9.17) is 0 Å². The van der Waals surface area contributed by atoms with Crippen LogP contribution in [0.1, 0.15) is 26.3 Å². The van der Waals surface area contributed by atoms with Crippen molar-refractivity contribution in [2.75, 3.05) is 4.90 Å². The number of hydrogen-bond acceptors (Lipinski definition) is 2. The van der Waals surface area contributed by atoms with Crippen LogP contribution in [0.15, 0.2) is 59.1 Å². The number of anilines is 1. The van der Waals surface area contributed by atoms with Crippen LogP contribution in [0, 0.1) is 6.92 Å². The summed E-state index contributed by atoms with van der Waals surface area (Å²) in [6, 6.07) is 16.7. The van der Waals surface area contributed by atoms with Gasteiger partial charge in [0.05, 0.1) is 11.3 Å². The summed E-state index contributed by atoms with van der Waals surface area (Å²) in [4.78, 5) is 27.1. The molecule has 0 aromatic heterocycles. The summed E-state index contributed by atoms with van der Waals surface area (Å²) < 4.78 is 0.823. The van der Waals surface area contributed by atoms with E-state index in [-0.39, 0.29) is 11.8 Å². The van der Waals surface area contributed by atoms with Gasteiger partial charge in [-0.2, -0.15) is 0 Å². The molecule has 23 heavy (non-hydrogen) atoms. The summed E-state index contributed by atoms with van der Waals surface area (Å²) in [5.41, 5.74) is 2.71. The fraction of sp³-hybridized carbons (Fsp3) is 0.0526. The van der Waals surface area contributed by atoms with Gasteiger partial charge in [-0.1, -0.05) is 40.2 Å². The number of aryl methyl sites for hydroxylation is 1. The molecule has 112 valence electrons. The maximum absolute atomic E-state index is 13.0. The first-order chi connectivity index (χ1) is 11.1. The van der Waals surface area contributed by atoms with Crippen LogP contribution in [0.2, 0.25) is 0 Å². The fourth-order valence-corrected chi connectivity index (χ4v) is 3.55. The van der Waals surface area contributed by atoms with E-state index < -0.39 is 0 Å². The third kappa shape index (κ3) is 2.10. The average molecular weight is 366 g/mol. The smallest absolute Gasteiger partial charge is 0.266 e. The largest absolute Gasteiger partial charge is 0.268 e. The van der Waals surface area contributed by atoms with Crippen LogP contribution in [0.4, 0.5) is 5.69 Å². The Bertz CT molecular complexity index is 994. The van der Waals surface area contributed by atoms with E-state index in [0.717, 1.165) is 20.8 Å². The lowest BCUT2D eigenvalue weighted by Gasteiger charge is -2.27. The minimum atomic E-state index is -0.286. The van der Waals surface area contributed by atoms with Crippen molar-refractivity contribution < 1.29 is 9.59 Å². The Morgan fingerprint density at radius 3 is 2.39 bits per heavy atom. The monoisotopic (exact) mass is 365 g/mol. The lowest BCUT2D eigenvalue weighted by atomic mass is 9.93. The predicted molar refractivity (Wildman–Crippen MR) is 94.0 cm³/mol. The van der Waals surface area contributed by atoms with E-state index in [1.54, 1.807) is 18.2 Å². The highest BCUT2D eigenvalue weighted by molar-refractivity contribution is 9.10. The summed E-state index contributed by atoms with van der Waals surface area (Å²) in [5.74, 6) is -0.563. The Balaban J connectivity index is 2.02. The Labute approximate surface area is 141 Å². The molecule has 3 aromatic rings. The molecular formula is C19H12BrNO2. The van der Waals surface area contributed by atoms with Gasteiger partial charge in [-0.3, -0.25) is 9.59 Å². The summed E-state index contributed by atoms with van der Waals surface area (Å²) >= 11 is 3.45. The van der Waals surface area contributed by atoms with Crippen molar-refractivity contribution in [3.63, 3.8) is 0 Å². The predicted octanol–water partition coefficient (Wildman–Crippen LogP) is 4.71. The van der Waals surface area contributed by atoms with Crippen molar-refractivity contribution in [2.24, 2.45) is 0 Å². The van der Waals surface area contributed by atoms with Crippen LogP contribution in [0.5, 0.6) is 0 Å². The molecule has 0 fully saturated rings. The standard InChI is InChI=1S/C19H12BrNO2/c1-11-4-2-6-14(8-11)21-18(22)15-7-3-5-12-9-13(20)10-16(17(12)15)19(21)23/h2-10H,1H3. The van der Waals surface area contributed by atoms with Gasteiger partial charge in [0, 0.05) is 15.4 Å². The zero-order valence-corrected chi connectivity index (χ0v) is 13.9. The molecule has 0 N–H and O–H groups in total. The average Bonchev–Trinajstić information content (AvgIpc) is 2.52. The van der Waals surface area contributed by atoms with Gasteiger partial charge >= 0.3 is 0 Å². The molecule has 0 unspecified atom stereocenters. The number of carbonyl (C=O) groups excluding carboxylic acids is 2. The second-order valence-electron chi connectivity index (χ2n) is 5.64. The van der Waals surface area contributed by atoms with Crippen molar-refractivity contribution in [1.29, 1.82) is 0 Å². The van der Waals surface area contributed by atoms with Gasteiger partial charge in [-0.15, -0.1) is 0 Å². The number of nitrogens with zero attached hydrogens (tertiary/aromatic N) is 1. The zero-order chi connectivity index (χ0) is 16.1. The highest BCUT2D eigenvalue weighted by atomic mass is 79.9. The van der Waals surface area contributed by atoms with Crippen molar-refractivity contribution in [1.82, 2.24) is 0 Å². The van der Waals surface area contributed by atoms with Crippen molar-refractivity contribution in [3.05, 3.63) is 75.8 Å². The number of imide groups is 1. The van der Waals surface area contributed by atoms with Crippen LogP contribution in [-0.2, 0) is 0 Å². The molecule has 0 aliphatic carbocycles. The summed E-state index contributed by atoms with van der Waals surface area (Å²) in [6.07, 6.45) is 0. The Morgan fingerprint density at radius 2 is 1.61 bits per heavy atom. The van der Waals surface area contributed by atoms with Gasteiger partial charge in [0.25, 0.3) is 11.8 Å². The van der Waals surface area contributed by atoms with Crippen molar-refractivity contribution in [2.45, 2.75) is 6.92 Å². The van der Waals surface area contributed by atoms with Crippen molar-refractivity contribution >= 4 is 44.2 Å². The molecule has 1 heterocycles. The molecule has 0 saturated carbocycles. The molecule has 0 saturated heterocycles. The molecule has 0 spiro atoms. The number of carbonyl (C=O) groups is 2. The van der Waals surface area contributed by atoms with E-state index in [9.17, 15) is 9.59 Å². The van der Waals surface area contributed by atoms with Crippen LogP contribution in [0.3, 0.4) is 0 Å². The van der Waals surface area contributed by atoms with E-state index in [2.05, 4.69) is 15.9 Å². The Hall–Kier alpha value is -2.46. The molecule has 0 bridgehead atoms. The number of halogens is 1. The lowest BCUT2D eigenvalue weighted by molar-refractivity contribution is 0.0893. The number of amides is 2. The normalized spacial score (nSPS) is 13.7. The minimum Gasteiger partial charge on any atom is -0.268 e. The highest BCUT2D eigenvalue weighted by Gasteiger charge is 2.34. The van der Waals surface area contributed by atoms with Gasteiger partial charge in [-0.05, 0) is 48.2 Å². The molecule has 1 aliphatic rings. The second kappa shape index (κ2) is 5.03. The summed E-state index contributed by atoms with van der Waals surface area (Å²) in [7, 11) is 0. The highest BCUT2D eigenvalue weighted by Crippen LogP contribution is 2.34. The van der Waals surface area contributed by atoms with Crippen LogP contribution < -0.4 is 4.90 Å². The first kappa shape index (κ1) is 14.2. The molecule has 4 rings (SSSR count). The third-order valence-corrected chi connectivity index (χ3v) is 4.53. The van der Waals surface area contributed by atoms with E-state index in [1.807, 2.05) is 43.3 Å². The van der Waals surface area contributed by atoms with Crippen LogP contribution >= 0.6 is 15.9 Å². The molecule has 3 nitrogen and oxygen atoms in total. The molecule has 3 aromatic carbocycles. The number of rotatable bonds is 1. The van der Waals surface area contributed by atoms with Crippen LogP contribution in [-0.4, -0.2) is 11.8 Å². The van der Waals surface area contributed by atoms with E-state index >= 15 is 0 Å². The van der Waals surface area contributed by atoms with Gasteiger partial charge in [0.2, 0.25) is 0 Å². The first-order valence-electron chi connectivity index (χ1n) is 7.24. The molecule has 1 aliphatic heterocycles. The maximum Gasteiger partial charge on any atom is 0.266 e. The third-order valence-electron chi connectivity index (χ3n) is 4.07. The molecule has 4 heteroatoms. The van der Waals surface area contributed by atoms with Crippen molar-refractivity contribution in [3.8, 4) is 0 Å². The van der Waals surface area contributed by atoms with Gasteiger partial charge in [-0.25, -0.2) is 4.90 Å². The maximum atomic E-state index is 13.0. The fourth-order valence-electron chi connectivity index (χ4n) is 3.07. The second-order valence-corrected chi connectivity index (χ2v) is 6.56. The topological polar surface area (TPSA) is 37.4 Å². The summed E-state index contributed by atoms with van der Waals surface area (Å²) in [5, 5.41) is 1.62. The minimum absolute atomic E-state index is 0.277.